The van der Waals surface area contributed by atoms with Gasteiger partial charge in [0.25, 0.3) is 0 Å². The quantitative estimate of drug-likeness (QED) is 0.463. The molecule has 2 nitrogen and oxygen atoms in total. The van der Waals surface area contributed by atoms with Crippen molar-refractivity contribution in [1.29, 1.82) is 0 Å². The van der Waals surface area contributed by atoms with Gasteiger partial charge in [-0.1, -0.05) is 12.2 Å². The van der Waals surface area contributed by atoms with E-state index in [4.69, 9.17) is 12.2 Å². The first-order chi connectivity index (χ1) is 4.30. The van der Waals surface area contributed by atoms with Crippen LogP contribution in [-0.2, 0) is 0 Å². The molecule has 0 aromatic rings. The Morgan fingerprint density at radius 3 is 2.89 bits per heavy atom. The summed E-state index contributed by atoms with van der Waals surface area (Å²) in [6.45, 7) is 4.74. The van der Waals surface area contributed by atoms with Crippen LogP contribution in [0.2, 0.25) is 0 Å². The molecule has 0 unspecified atom stereocenters. The Balaban J connectivity index is 2.44. The van der Waals surface area contributed by atoms with Gasteiger partial charge in [0, 0.05) is 12.8 Å². The SMILES string of the molecule is CC(=S)N1CC=NCC1. The Hall–Kier alpha value is -0.440. The van der Waals surface area contributed by atoms with Gasteiger partial charge in [-0.25, -0.2) is 0 Å². The number of hydrogen-bond acceptors (Lipinski definition) is 2. The highest BCUT2D eigenvalue weighted by Gasteiger charge is 2.04. The Bertz CT molecular complexity index is 142. The lowest BCUT2D eigenvalue weighted by molar-refractivity contribution is 0.479. The van der Waals surface area contributed by atoms with E-state index in [1.807, 2.05) is 13.1 Å². The molecule has 1 aliphatic heterocycles. The van der Waals surface area contributed by atoms with Crippen LogP contribution in [0.5, 0.6) is 0 Å². The highest BCUT2D eigenvalue weighted by atomic mass is 32.1. The van der Waals surface area contributed by atoms with E-state index < -0.39 is 0 Å². The third kappa shape index (κ3) is 1.75. The molecule has 0 radical (unpaired) electrons. The van der Waals surface area contributed by atoms with E-state index >= 15 is 0 Å². The van der Waals surface area contributed by atoms with E-state index in [1.165, 1.54) is 0 Å². The van der Waals surface area contributed by atoms with Crippen LogP contribution in [0, 0.1) is 0 Å². The van der Waals surface area contributed by atoms with Crippen LogP contribution in [0.1, 0.15) is 6.92 Å². The summed E-state index contributed by atoms with van der Waals surface area (Å²) in [5.74, 6) is 0. The summed E-state index contributed by atoms with van der Waals surface area (Å²) in [6, 6.07) is 0. The van der Waals surface area contributed by atoms with Gasteiger partial charge in [-0.15, -0.1) is 0 Å². The van der Waals surface area contributed by atoms with Crippen LogP contribution in [0.3, 0.4) is 0 Å². The van der Waals surface area contributed by atoms with Crippen LogP contribution in [0.25, 0.3) is 0 Å². The van der Waals surface area contributed by atoms with Crippen molar-refractivity contribution >= 4 is 23.4 Å². The van der Waals surface area contributed by atoms with Gasteiger partial charge in [0.15, 0.2) is 0 Å². The zero-order valence-electron chi connectivity index (χ0n) is 5.50. The molecule has 0 atom stereocenters. The average Bonchev–Trinajstić information content (AvgIpc) is 1.90. The van der Waals surface area contributed by atoms with Crippen molar-refractivity contribution in [2.24, 2.45) is 4.99 Å². The molecule has 0 aliphatic carbocycles. The first-order valence-electron chi connectivity index (χ1n) is 3.04. The summed E-state index contributed by atoms with van der Waals surface area (Å²) in [6.07, 6.45) is 1.92. The molecule has 0 aromatic carbocycles. The van der Waals surface area contributed by atoms with Gasteiger partial charge in [-0.2, -0.15) is 0 Å². The number of aliphatic imine (C=N–C) groups is 1. The molecule has 1 aliphatic rings. The summed E-state index contributed by atoms with van der Waals surface area (Å²) in [5, 5.41) is 0. The maximum absolute atomic E-state index is 4.98. The molecular formula is C6H10N2S. The molecule has 0 N–H and O–H groups in total. The molecule has 0 saturated heterocycles. The zero-order chi connectivity index (χ0) is 6.69. The van der Waals surface area contributed by atoms with Gasteiger partial charge in [0.2, 0.25) is 0 Å². The summed E-state index contributed by atoms with van der Waals surface area (Å²) in [5.41, 5.74) is 0. The van der Waals surface area contributed by atoms with Crippen molar-refractivity contribution in [2.75, 3.05) is 19.6 Å². The van der Waals surface area contributed by atoms with Gasteiger partial charge < -0.3 is 4.90 Å². The predicted octanol–water partition coefficient (Wildman–Crippen LogP) is 0.720. The van der Waals surface area contributed by atoms with Crippen LogP contribution in [0.4, 0.5) is 0 Å². The van der Waals surface area contributed by atoms with Crippen molar-refractivity contribution in [2.45, 2.75) is 6.92 Å². The van der Waals surface area contributed by atoms with Crippen molar-refractivity contribution in [3.8, 4) is 0 Å². The molecule has 0 bridgehead atoms. The first kappa shape index (κ1) is 6.68. The monoisotopic (exact) mass is 142 g/mol. The van der Waals surface area contributed by atoms with Crippen molar-refractivity contribution in [3.05, 3.63) is 0 Å². The van der Waals surface area contributed by atoms with E-state index in [2.05, 4.69) is 9.89 Å². The van der Waals surface area contributed by atoms with E-state index in [0.717, 1.165) is 24.6 Å². The van der Waals surface area contributed by atoms with Gasteiger partial charge in [-0.3, -0.25) is 4.99 Å². The fourth-order valence-electron chi connectivity index (χ4n) is 0.803. The average molecular weight is 142 g/mol. The minimum Gasteiger partial charge on any atom is -0.359 e. The van der Waals surface area contributed by atoms with E-state index in [0.29, 0.717) is 0 Å². The second kappa shape index (κ2) is 2.92. The lowest BCUT2D eigenvalue weighted by Gasteiger charge is -2.22. The summed E-state index contributed by atoms with van der Waals surface area (Å²) in [4.78, 5) is 7.20. The van der Waals surface area contributed by atoms with Crippen LogP contribution < -0.4 is 0 Å². The molecule has 9 heavy (non-hydrogen) atoms. The van der Waals surface area contributed by atoms with E-state index in [9.17, 15) is 0 Å². The van der Waals surface area contributed by atoms with Crippen molar-refractivity contribution in [3.63, 3.8) is 0 Å². The molecule has 1 rings (SSSR count). The summed E-state index contributed by atoms with van der Waals surface area (Å²) < 4.78 is 0. The highest BCUT2D eigenvalue weighted by molar-refractivity contribution is 7.80. The number of rotatable bonds is 0. The normalized spacial score (nSPS) is 18.1. The molecule has 1 heterocycles. The smallest absolute Gasteiger partial charge is 0.0751 e. The van der Waals surface area contributed by atoms with E-state index in [-0.39, 0.29) is 0 Å². The minimum absolute atomic E-state index is 0.897. The molecule has 3 heteroatoms. The second-order valence-corrected chi connectivity index (χ2v) is 2.64. The lowest BCUT2D eigenvalue weighted by atomic mass is 10.4. The van der Waals surface area contributed by atoms with Gasteiger partial charge in [-0.05, 0) is 6.92 Å². The van der Waals surface area contributed by atoms with E-state index in [1.54, 1.807) is 0 Å². The minimum atomic E-state index is 0.897. The van der Waals surface area contributed by atoms with Crippen LogP contribution in [-0.4, -0.2) is 35.7 Å². The van der Waals surface area contributed by atoms with Crippen LogP contribution in [0.15, 0.2) is 4.99 Å². The van der Waals surface area contributed by atoms with Crippen molar-refractivity contribution < 1.29 is 0 Å². The van der Waals surface area contributed by atoms with Gasteiger partial charge in [0.05, 0.1) is 18.1 Å². The Labute approximate surface area is 60.6 Å². The third-order valence-electron chi connectivity index (χ3n) is 1.38. The molecule has 50 valence electrons. The topological polar surface area (TPSA) is 15.6 Å². The fraction of sp³-hybridized carbons (Fsp3) is 0.667. The lowest BCUT2D eigenvalue weighted by Crippen LogP contribution is -2.34. The predicted molar refractivity (Wildman–Crippen MR) is 43.2 cm³/mol. The Kier molecular flexibility index (Phi) is 2.16. The van der Waals surface area contributed by atoms with Crippen molar-refractivity contribution in [1.82, 2.24) is 4.90 Å². The number of thiocarbonyl (C=S) groups is 1. The second-order valence-electron chi connectivity index (χ2n) is 2.05. The molecule has 0 saturated carbocycles. The molecule has 0 aromatic heterocycles. The summed E-state index contributed by atoms with van der Waals surface area (Å²) >= 11 is 4.98. The highest BCUT2D eigenvalue weighted by Crippen LogP contribution is 1.94. The maximum Gasteiger partial charge on any atom is 0.0751 e. The molecule has 0 fully saturated rings. The molecule has 0 spiro atoms. The largest absolute Gasteiger partial charge is 0.359 e. The van der Waals surface area contributed by atoms with Gasteiger partial charge >= 0.3 is 0 Å². The Morgan fingerprint density at radius 1 is 1.78 bits per heavy atom. The fourth-order valence-corrected chi connectivity index (χ4v) is 0.969. The Morgan fingerprint density at radius 2 is 2.56 bits per heavy atom. The molecule has 0 amide bonds. The van der Waals surface area contributed by atoms with Gasteiger partial charge in [0.1, 0.15) is 0 Å². The first-order valence-corrected chi connectivity index (χ1v) is 3.45. The summed E-state index contributed by atoms with van der Waals surface area (Å²) in [7, 11) is 0. The van der Waals surface area contributed by atoms with Crippen LogP contribution >= 0.6 is 12.2 Å². The zero-order valence-corrected chi connectivity index (χ0v) is 6.32. The molecular weight excluding hydrogens is 132 g/mol. The maximum atomic E-state index is 4.98. The number of hydrogen-bond donors (Lipinski definition) is 0. The number of nitrogens with zero attached hydrogens (tertiary/aromatic N) is 2. The third-order valence-corrected chi connectivity index (χ3v) is 1.63. The standard InChI is InChI=1S/C6H10N2S/c1-6(9)8-4-2-7-3-5-8/h2H,3-5H2,1H3.